The summed E-state index contributed by atoms with van der Waals surface area (Å²) in [6.07, 6.45) is 5.31. The SMILES string of the molecule is CCC[C@@H](C(=O)Nc1cccc(-c2cnn(C)c2)c1)N1CC(NN(C)C)=NC[C@@H](Cc2cc(Cl)ccc2OC)C1=O. The first-order chi connectivity index (χ1) is 19.7. The van der Waals surface area contributed by atoms with Crippen molar-refractivity contribution in [2.24, 2.45) is 18.0 Å². The number of hydrazine groups is 1. The molecule has 0 radical (unpaired) electrons. The maximum Gasteiger partial charge on any atom is 0.247 e. The minimum atomic E-state index is -0.689. The summed E-state index contributed by atoms with van der Waals surface area (Å²) >= 11 is 6.28. The number of amides is 2. The van der Waals surface area contributed by atoms with Gasteiger partial charge in [0, 0.05) is 43.6 Å². The molecule has 0 fully saturated rings. The molecule has 1 aromatic heterocycles. The van der Waals surface area contributed by atoms with Gasteiger partial charge in [-0.05, 0) is 54.3 Å². The predicted octanol–water partition coefficient (Wildman–Crippen LogP) is 4.02. The molecule has 1 aliphatic rings. The van der Waals surface area contributed by atoms with Crippen molar-refractivity contribution >= 4 is 34.9 Å². The van der Waals surface area contributed by atoms with E-state index in [1.807, 2.05) is 64.6 Å². The maximum absolute atomic E-state index is 14.1. The van der Waals surface area contributed by atoms with Crippen LogP contribution in [0.5, 0.6) is 5.75 Å². The largest absolute Gasteiger partial charge is 0.496 e. The minimum absolute atomic E-state index is 0.135. The number of benzene rings is 2. The molecule has 0 spiro atoms. The lowest BCUT2D eigenvalue weighted by Gasteiger charge is -2.32. The van der Waals surface area contributed by atoms with Gasteiger partial charge in [-0.25, -0.2) is 5.01 Å². The summed E-state index contributed by atoms with van der Waals surface area (Å²) in [4.78, 5) is 34.4. The average molecular weight is 580 g/mol. The molecule has 4 rings (SSSR count). The van der Waals surface area contributed by atoms with E-state index >= 15 is 0 Å². The van der Waals surface area contributed by atoms with Crippen LogP contribution in [0.15, 0.2) is 59.9 Å². The van der Waals surface area contributed by atoms with Crippen LogP contribution in [0, 0.1) is 5.92 Å². The number of hydrogen-bond acceptors (Lipinski definition) is 7. The van der Waals surface area contributed by atoms with E-state index in [1.54, 1.807) is 40.0 Å². The molecular weight excluding hydrogens is 542 g/mol. The zero-order valence-electron chi connectivity index (χ0n) is 24.2. The van der Waals surface area contributed by atoms with Gasteiger partial charge < -0.3 is 20.4 Å². The van der Waals surface area contributed by atoms with Crippen LogP contribution in [0.25, 0.3) is 11.1 Å². The van der Waals surface area contributed by atoms with Crippen LogP contribution in [0.1, 0.15) is 25.3 Å². The van der Waals surface area contributed by atoms with Crippen molar-refractivity contribution in [1.82, 2.24) is 25.1 Å². The Morgan fingerprint density at radius 3 is 2.71 bits per heavy atom. The molecule has 11 heteroatoms. The maximum atomic E-state index is 14.1. The number of carbonyl (C=O) groups excluding carboxylic acids is 2. The van der Waals surface area contributed by atoms with Crippen molar-refractivity contribution in [3.8, 4) is 16.9 Å². The Hall–Kier alpha value is -3.89. The number of rotatable bonds is 10. The van der Waals surface area contributed by atoms with Gasteiger partial charge in [0.25, 0.3) is 0 Å². The Morgan fingerprint density at radius 2 is 2.02 bits per heavy atom. The van der Waals surface area contributed by atoms with Gasteiger partial charge in [-0.3, -0.25) is 19.3 Å². The van der Waals surface area contributed by atoms with E-state index in [2.05, 4.69) is 15.8 Å². The van der Waals surface area contributed by atoms with E-state index in [-0.39, 0.29) is 24.9 Å². The highest BCUT2D eigenvalue weighted by Gasteiger charge is 2.36. The third kappa shape index (κ3) is 7.65. The van der Waals surface area contributed by atoms with Crippen LogP contribution >= 0.6 is 11.6 Å². The molecule has 10 nitrogen and oxygen atoms in total. The first-order valence-corrected chi connectivity index (χ1v) is 14.1. The third-order valence-electron chi connectivity index (χ3n) is 6.93. The number of nitrogens with zero attached hydrogens (tertiary/aromatic N) is 5. The van der Waals surface area contributed by atoms with Crippen LogP contribution in [-0.2, 0) is 23.1 Å². The Bertz CT molecular complexity index is 1400. The van der Waals surface area contributed by atoms with Crippen molar-refractivity contribution in [3.63, 3.8) is 0 Å². The van der Waals surface area contributed by atoms with Gasteiger partial charge >= 0.3 is 0 Å². The van der Waals surface area contributed by atoms with E-state index in [1.165, 1.54) is 0 Å². The number of nitrogens with one attached hydrogen (secondary N) is 2. The molecule has 2 atom stereocenters. The molecule has 0 saturated carbocycles. The monoisotopic (exact) mass is 579 g/mol. The zero-order chi connectivity index (χ0) is 29.5. The second-order valence-corrected chi connectivity index (χ2v) is 10.8. The molecule has 0 unspecified atom stereocenters. The summed E-state index contributed by atoms with van der Waals surface area (Å²) in [5.74, 6) is 0.406. The number of carbonyl (C=O) groups is 2. The highest BCUT2D eigenvalue weighted by Crippen LogP contribution is 2.28. The standard InChI is InChI=1S/C30H38ClN7O3/c1-6-8-26(29(39)34-25-10-7-9-20(15-25)23-17-33-37(4)18-23)38-19-28(35-36(2)3)32-16-22(30(38)40)13-21-14-24(31)11-12-27(21)41-5/h7,9-12,14-15,17-18,22,26H,6,8,13,16,19H2,1-5H3,(H,32,35)(H,34,39)/t22-,26+/m1/s1. The molecule has 2 aromatic carbocycles. The van der Waals surface area contributed by atoms with Crippen LogP contribution in [-0.4, -0.2) is 77.7 Å². The summed E-state index contributed by atoms with van der Waals surface area (Å²) in [7, 11) is 7.18. The van der Waals surface area contributed by atoms with Crippen molar-refractivity contribution < 1.29 is 14.3 Å². The van der Waals surface area contributed by atoms with Crippen molar-refractivity contribution in [1.29, 1.82) is 0 Å². The van der Waals surface area contributed by atoms with E-state index in [4.69, 9.17) is 21.3 Å². The molecule has 2 heterocycles. The fourth-order valence-corrected chi connectivity index (χ4v) is 5.21. The Morgan fingerprint density at radius 1 is 1.22 bits per heavy atom. The van der Waals surface area contributed by atoms with Crippen molar-refractivity contribution in [2.75, 3.05) is 39.6 Å². The van der Waals surface area contributed by atoms with E-state index in [9.17, 15) is 9.59 Å². The molecule has 218 valence electrons. The fourth-order valence-electron chi connectivity index (χ4n) is 5.01. The molecule has 1 aliphatic heterocycles. The number of ether oxygens (including phenoxy) is 1. The Balaban J connectivity index is 1.62. The van der Waals surface area contributed by atoms with Crippen LogP contribution < -0.4 is 15.5 Å². The zero-order valence-corrected chi connectivity index (χ0v) is 25.0. The normalized spacial score (nSPS) is 16.3. The molecule has 0 aliphatic carbocycles. The van der Waals surface area contributed by atoms with Gasteiger partial charge in [-0.1, -0.05) is 37.1 Å². The number of methoxy groups -OCH3 is 1. The first kappa shape index (κ1) is 30.1. The lowest BCUT2D eigenvalue weighted by atomic mass is 9.96. The average Bonchev–Trinajstić information content (AvgIpc) is 3.32. The number of halogens is 1. The number of aryl methyl sites for hydroxylation is 1. The quantitative estimate of drug-likeness (QED) is 0.352. The smallest absolute Gasteiger partial charge is 0.247 e. The highest BCUT2D eigenvalue weighted by atomic mass is 35.5. The van der Waals surface area contributed by atoms with Gasteiger partial charge in [-0.15, -0.1) is 0 Å². The second kappa shape index (κ2) is 13.6. The van der Waals surface area contributed by atoms with E-state index < -0.39 is 12.0 Å². The molecular formula is C30H38ClN7O3. The van der Waals surface area contributed by atoms with Gasteiger partial charge in [0.15, 0.2) is 0 Å². The summed E-state index contributed by atoms with van der Waals surface area (Å²) in [5.41, 5.74) is 6.57. The number of aliphatic imine (C=N–C) groups is 1. The van der Waals surface area contributed by atoms with Crippen LogP contribution in [0.2, 0.25) is 5.02 Å². The van der Waals surface area contributed by atoms with Gasteiger partial charge in [0.1, 0.15) is 17.6 Å². The van der Waals surface area contributed by atoms with Crippen LogP contribution in [0.3, 0.4) is 0 Å². The molecule has 2 amide bonds. The van der Waals surface area contributed by atoms with Gasteiger partial charge in [-0.2, -0.15) is 5.10 Å². The number of amidine groups is 1. The number of aromatic nitrogens is 2. The molecule has 3 aromatic rings. The molecule has 0 bridgehead atoms. The Labute approximate surface area is 246 Å². The third-order valence-corrected chi connectivity index (χ3v) is 7.16. The van der Waals surface area contributed by atoms with Crippen LogP contribution in [0.4, 0.5) is 5.69 Å². The molecule has 0 saturated heterocycles. The summed E-state index contributed by atoms with van der Waals surface area (Å²) in [5, 5.41) is 9.65. The van der Waals surface area contributed by atoms with Crippen molar-refractivity contribution in [3.05, 3.63) is 65.4 Å². The van der Waals surface area contributed by atoms with E-state index in [0.29, 0.717) is 35.1 Å². The molecule has 2 N–H and O–H groups in total. The van der Waals surface area contributed by atoms with Gasteiger partial charge in [0.05, 0.1) is 32.3 Å². The lowest BCUT2D eigenvalue weighted by molar-refractivity contribution is -0.141. The number of hydrogen-bond donors (Lipinski definition) is 2. The summed E-state index contributed by atoms with van der Waals surface area (Å²) in [6, 6.07) is 12.3. The summed E-state index contributed by atoms with van der Waals surface area (Å²) in [6.45, 7) is 2.47. The Kier molecular flexibility index (Phi) is 10.0. The topological polar surface area (TPSA) is 104 Å². The molecule has 41 heavy (non-hydrogen) atoms. The second-order valence-electron chi connectivity index (χ2n) is 10.4. The minimum Gasteiger partial charge on any atom is -0.496 e. The predicted molar refractivity (Wildman–Crippen MR) is 162 cm³/mol. The van der Waals surface area contributed by atoms with Crippen molar-refractivity contribution in [2.45, 2.75) is 32.2 Å². The number of anilines is 1. The van der Waals surface area contributed by atoms with Gasteiger partial charge in [0.2, 0.25) is 11.8 Å². The van der Waals surface area contributed by atoms with E-state index in [0.717, 1.165) is 23.1 Å². The lowest BCUT2D eigenvalue weighted by Crippen LogP contribution is -2.53. The first-order valence-electron chi connectivity index (χ1n) is 13.7. The highest BCUT2D eigenvalue weighted by molar-refractivity contribution is 6.30. The summed E-state index contributed by atoms with van der Waals surface area (Å²) < 4.78 is 7.27. The fraction of sp³-hybridized carbons (Fsp3) is 0.400.